The van der Waals surface area contributed by atoms with Crippen LogP contribution in [-0.4, -0.2) is 33.3 Å². The molecule has 0 radical (unpaired) electrons. The maximum Gasteiger partial charge on any atom is 0.321 e. The first-order chi connectivity index (χ1) is 14.3. The summed E-state index contributed by atoms with van der Waals surface area (Å²) in [5.74, 6) is 0.407. The fraction of sp³-hybridized carbons (Fsp3) is 0.333. The van der Waals surface area contributed by atoms with E-state index in [1.54, 1.807) is 43.3 Å². The summed E-state index contributed by atoms with van der Waals surface area (Å²) < 4.78 is 6.86. The monoisotopic (exact) mass is 428 g/mol. The average molecular weight is 429 g/mol. The highest BCUT2D eigenvalue weighted by Gasteiger charge is 2.21. The van der Waals surface area contributed by atoms with E-state index in [4.69, 9.17) is 4.42 Å². The second-order valence-electron chi connectivity index (χ2n) is 7.24. The minimum atomic E-state index is -0.647. The van der Waals surface area contributed by atoms with Crippen LogP contribution in [0.3, 0.4) is 0 Å². The summed E-state index contributed by atoms with van der Waals surface area (Å²) in [6.45, 7) is 6.24. The van der Waals surface area contributed by atoms with Crippen LogP contribution in [0.4, 0.5) is 4.79 Å². The van der Waals surface area contributed by atoms with E-state index in [0.29, 0.717) is 28.4 Å². The van der Waals surface area contributed by atoms with Gasteiger partial charge in [0.1, 0.15) is 5.76 Å². The summed E-state index contributed by atoms with van der Waals surface area (Å²) in [7, 11) is 0. The number of nitrogens with zero attached hydrogens (tertiary/aromatic N) is 2. The Labute approximate surface area is 178 Å². The van der Waals surface area contributed by atoms with E-state index < -0.39 is 17.2 Å². The van der Waals surface area contributed by atoms with E-state index in [1.165, 1.54) is 10.8 Å². The fourth-order valence-corrected chi connectivity index (χ4v) is 3.61. The lowest BCUT2D eigenvalue weighted by Gasteiger charge is -2.16. The van der Waals surface area contributed by atoms with E-state index in [0.717, 1.165) is 11.8 Å². The lowest BCUT2D eigenvalue weighted by atomic mass is 10.2. The van der Waals surface area contributed by atoms with E-state index in [9.17, 15) is 14.4 Å². The van der Waals surface area contributed by atoms with Crippen LogP contribution in [0.5, 0.6) is 0 Å². The number of fused-ring (bicyclic) bond motifs is 1. The standard InChI is InChI=1S/C21H24N4O4S/c1-13(2)11-22-20(28)24-18(26)14(3)30-21-23-17-9-5-4-8-16(17)19(27)25(21)12-15-7-6-10-29-15/h4-10,13-14H,11-12H2,1-3H3,(H2,22,24,26,28). The van der Waals surface area contributed by atoms with Gasteiger partial charge in [0.05, 0.1) is 29.0 Å². The van der Waals surface area contributed by atoms with Gasteiger partial charge in [-0.1, -0.05) is 37.7 Å². The molecule has 0 aliphatic heterocycles. The molecule has 1 aromatic carbocycles. The Kier molecular flexibility index (Phi) is 6.94. The summed E-state index contributed by atoms with van der Waals surface area (Å²) in [4.78, 5) is 42.0. The minimum absolute atomic E-state index is 0.190. The second-order valence-corrected chi connectivity index (χ2v) is 8.54. The number of amides is 3. The Morgan fingerprint density at radius 1 is 1.17 bits per heavy atom. The molecule has 0 saturated carbocycles. The molecular weight excluding hydrogens is 404 g/mol. The molecule has 0 fully saturated rings. The molecule has 3 amide bonds. The van der Waals surface area contributed by atoms with Crippen LogP contribution in [0.25, 0.3) is 10.9 Å². The molecule has 1 unspecified atom stereocenters. The van der Waals surface area contributed by atoms with E-state index in [2.05, 4.69) is 15.6 Å². The van der Waals surface area contributed by atoms with Crippen molar-refractivity contribution in [2.75, 3.05) is 6.54 Å². The van der Waals surface area contributed by atoms with Gasteiger partial charge in [-0.3, -0.25) is 19.5 Å². The molecule has 9 heteroatoms. The first-order valence-corrected chi connectivity index (χ1v) is 10.5. The molecule has 0 aliphatic rings. The molecule has 8 nitrogen and oxygen atoms in total. The van der Waals surface area contributed by atoms with Gasteiger partial charge in [-0.05, 0) is 37.1 Å². The average Bonchev–Trinajstić information content (AvgIpc) is 3.22. The van der Waals surface area contributed by atoms with Gasteiger partial charge >= 0.3 is 6.03 Å². The van der Waals surface area contributed by atoms with Gasteiger partial charge in [0, 0.05) is 6.54 Å². The Balaban J connectivity index is 1.84. The molecule has 0 aliphatic carbocycles. The maximum atomic E-state index is 13.1. The number of para-hydroxylation sites is 1. The predicted molar refractivity (Wildman–Crippen MR) is 116 cm³/mol. The molecule has 3 rings (SSSR count). The van der Waals surface area contributed by atoms with E-state index >= 15 is 0 Å². The number of nitrogens with one attached hydrogen (secondary N) is 2. The number of thioether (sulfide) groups is 1. The maximum absolute atomic E-state index is 13.1. The van der Waals surface area contributed by atoms with Gasteiger partial charge in [-0.25, -0.2) is 9.78 Å². The van der Waals surface area contributed by atoms with Crippen molar-refractivity contribution in [1.82, 2.24) is 20.2 Å². The van der Waals surface area contributed by atoms with Crippen molar-refractivity contribution in [2.45, 2.75) is 37.7 Å². The summed E-state index contributed by atoms with van der Waals surface area (Å²) in [5.41, 5.74) is 0.324. The Morgan fingerprint density at radius 2 is 1.93 bits per heavy atom. The molecule has 0 spiro atoms. The molecular formula is C21H24N4O4S. The van der Waals surface area contributed by atoms with Gasteiger partial charge in [-0.2, -0.15) is 0 Å². The number of benzene rings is 1. The van der Waals surface area contributed by atoms with E-state index in [-0.39, 0.29) is 18.0 Å². The molecule has 0 saturated heterocycles. The normalized spacial score (nSPS) is 12.1. The van der Waals surface area contributed by atoms with Gasteiger partial charge in [-0.15, -0.1) is 0 Å². The van der Waals surface area contributed by atoms with Crippen LogP contribution in [0, 0.1) is 5.92 Å². The zero-order valence-corrected chi connectivity index (χ0v) is 17.9. The molecule has 158 valence electrons. The Bertz CT molecular complexity index is 1090. The number of imide groups is 1. The number of carbonyl (C=O) groups excluding carboxylic acids is 2. The summed E-state index contributed by atoms with van der Waals surface area (Å²) in [6, 6.07) is 10.0. The number of furan rings is 1. The van der Waals surface area contributed by atoms with Gasteiger partial charge in [0.15, 0.2) is 5.16 Å². The molecule has 2 heterocycles. The molecule has 2 aromatic heterocycles. The van der Waals surface area contributed by atoms with Crippen LogP contribution in [0.2, 0.25) is 0 Å². The number of hydrogen-bond donors (Lipinski definition) is 2. The number of aromatic nitrogens is 2. The Hall–Kier alpha value is -3.07. The highest BCUT2D eigenvalue weighted by atomic mass is 32.2. The predicted octanol–water partition coefficient (Wildman–Crippen LogP) is 3.00. The SMILES string of the molecule is CC(C)CNC(=O)NC(=O)C(C)Sc1nc2ccccc2c(=O)n1Cc1ccco1. The van der Waals surface area contributed by atoms with Crippen LogP contribution in [0.1, 0.15) is 26.5 Å². The lowest BCUT2D eigenvalue weighted by Crippen LogP contribution is -2.43. The van der Waals surface area contributed by atoms with Crippen LogP contribution in [0.15, 0.2) is 57.0 Å². The summed E-state index contributed by atoms with van der Waals surface area (Å²) >= 11 is 1.11. The summed E-state index contributed by atoms with van der Waals surface area (Å²) in [6.07, 6.45) is 1.54. The highest BCUT2D eigenvalue weighted by molar-refractivity contribution is 8.00. The fourth-order valence-electron chi connectivity index (χ4n) is 2.70. The number of rotatable bonds is 7. The first kappa shape index (κ1) is 21.6. The topological polar surface area (TPSA) is 106 Å². The zero-order chi connectivity index (χ0) is 21.7. The van der Waals surface area contributed by atoms with Crippen molar-refractivity contribution >= 4 is 34.6 Å². The number of carbonyl (C=O) groups is 2. The smallest absolute Gasteiger partial charge is 0.321 e. The van der Waals surface area contributed by atoms with Crippen molar-refractivity contribution in [3.8, 4) is 0 Å². The molecule has 1 atom stereocenters. The molecule has 0 bridgehead atoms. The largest absolute Gasteiger partial charge is 0.467 e. The third-order valence-electron chi connectivity index (χ3n) is 4.28. The highest BCUT2D eigenvalue weighted by Crippen LogP contribution is 2.23. The first-order valence-electron chi connectivity index (χ1n) is 9.62. The quantitative estimate of drug-likeness (QED) is 0.443. The van der Waals surface area contributed by atoms with Crippen molar-refractivity contribution in [2.24, 2.45) is 5.92 Å². The zero-order valence-electron chi connectivity index (χ0n) is 17.0. The van der Waals surface area contributed by atoms with Crippen molar-refractivity contribution < 1.29 is 14.0 Å². The van der Waals surface area contributed by atoms with Gasteiger partial charge in [0.25, 0.3) is 5.56 Å². The van der Waals surface area contributed by atoms with Gasteiger partial charge in [0.2, 0.25) is 5.91 Å². The minimum Gasteiger partial charge on any atom is -0.467 e. The van der Waals surface area contributed by atoms with Gasteiger partial charge < -0.3 is 9.73 Å². The summed E-state index contributed by atoms with van der Waals surface area (Å²) in [5, 5.41) is 5.18. The Morgan fingerprint density at radius 3 is 2.63 bits per heavy atom. The third-order valence-corrected chi connectivity index (χ3v) is 5.37. The van der Waals surface area contributed by atoms with Crippen LogP contribution < -0.4 is 16.2 Å². The lowest BCUT2D eigenvalue weighted by molar-refractivity contribution is -0.119. The molecule has 3 aromatic rings. The molecule has 2 N–H and O–H groups in total. The van der Waals surface area contributed by atoms with Crippen LogP contribution in [-0.2, 0) is 11.3 Å². The van der Waals surface area contributed by atoms with Crippen LogP contribution >= 0.6 is 11.8 Å². The third kappa shape index (κ3) is 5.29. The molecule has 30 heavy (non-hydrogen) atoms. The van der Waals surface area contributed by atoms with E-state index in [1.807, 2.05) is 13.8 Å². The van der Waals surface area contributed by atoms with Crippen molar-refractivity contribution in [3.63, 3.8) is 0 Å². The second kappa shape index (κ2) is 9.62. The number of urea groups is 1. The van der Waals surface area contributed by atoms with Crippen molar-refractivity contribution in [3.05, 3.63) is 58.8 Å². The van der Waals surface area contributed by atoms with Crippen molar-refractivity contribution in [1.29, 1.82) is 0 Å². The number of hydrogen-bond acceptors (Lipinski definition) is 6.